The third kappa shape index (κ3) is 2.38. The Balaban J connectivity index is 1.69. The van der Waals surface area contributed by atoms with Crippen LogP contribution < -0.4 is 4.90 Å². The first-order chi connectivity index (χ1) is 8.78. The first-order valence-corrected chi connectivity index (χ1v) is 6.89. The maximum absolute atomic E-state index is 10.7. The molecule has 1 aliphatic heterocycles. The molecule has 0 amide bonds. The number of halogens is 1. The molecule has 4 heteroatoms. The zero-order valence-corrected chi connectivity index (χ0v) is 11.1. The summed E-state index contributed by atoms with van der Waals surface area (Å²) in [5.74, 6) is 0. The van der Waals surface area contributed by atoms with E-state index in [4.69, 9.17) is 11.6 Å². The second-order valence-corrected chi connectivity index (χ2v) is 5.49. The van der Waals surface area contributed by atoms with E-state index in [1.165, 1.54) is 12.8 Å². The topological polar surface area (TPSA) is 23.6 Å². The van der Waals surface area contributed by atoms with E-state index in [0.717, 1.165) is 44.2 Å². The van der Waals surface area contributed by atoms with Crippen molar-refractivity contribution in [2.75, 3.05) is 31.1 Å². The maximum Gasteiger partial charge on any atom is 0.150 e. The van der Waals surface area contributed by atoms with E-state index < -0.39 is 0 Å². The van der Waals surface area contributed by atoms with Gasteiger partial charge in [-0.1, -0.05) is 11.6 Å². The van der Waals surface area contributed by atoms with Crippen LogP contribution in [0.2, 0.25) is 5.02 Å². The lowest BCUT2D eigenvalue weighted by atomic mass is 10.2. The molecule has 1 aliphatic carbocycles. The van der Waals surface area contributed by atoms with Crippen LogP contribution in [0.15, 0.2) is 18.2 Å². The lowest BCUT2D eigenvalue weighted by molar-refractivity contribution is 0.112. The average molecular weight is 265 g/mol. The second kappa shape index (κ2) is 4.90. The normalized spacial score (nSPS) is 21.1. The minimum absolute atomic E-state index is 0.639. The predicted molar refractivity (Wildman–Crippen MR) is 73.6 cm³/mol. The molecule has 1 aromatic rings. The van der Waals surface area contributed by atoms with Crippen molar-refractivity contribution >= 4 is 23.6 Å². The molecule has 1 heterocycles. The van der Waals surface area contributed by atoms with Crippen molar-refractivity contribution < 1.29 is 4.79 Å². The summed E-state index contributed by atoms with van der Waals surface area (Å²) in [7, 11) is 0. The van der Waals surface area contributed by atoms with E-state index in [-0.39, 0.29) is 0 Å². The summed E-state index contributed by atoms with van der Waals surface area (Å²) in [6.07, 6.45) is 3.57. The smallest absolute Gasteiger partial charge is 0.150 e. The van der Waals surface area contributed by atoms with Gasteiger partial charge in [-0.2, -0.15) is 0 Å². The van der Waals surface area contributed by atoms with Crippen LogP contribution in [0.4, 0.5) is 5.69 Å². The Hall–Kier alpha value is -1.06. The number of carbonyl (C=O) groups excluding carboxylic acids is 1. The number of hydrogen-bond donors (Lipinski definition) is 0. The molecule has 3 nitrogen and oxygen atoms in total. The molecule has 1 aromatic carbocycles. The Morgan fingerprint density at radius 3 is 2.44 bits per heavy atom. The predicted octanol–water partition coefficient (Wildman–Crippen LogP) is 2.44. The second-order valence-electron chi connectivity index (χ2n) is 5.08. The Kier molecular flexibility index (Phi) is 3.27. The molecule has 0 bridgehead atoms. The molecule has 0 spiro atoms. The Bertz CT molecular complexity index is 451. The summed E-state index contributed by atoms with van der Waals surface area (Å²) < 4.78 is 0. The van der Waals surface area contributed by atoms with Gasteiger partial charge in [-0.3, -0.25) is 9.69 Å². The number of benzene rings is 1. The van der Waals surface area contributed by atoms with Gasteiger partial charge in [-0.05, 0) is 31.0 Å². The summed E-state index contributed by atoms with van der Waals surface area (Å²) in [4.78, 5) is 15.6. The number of aldehydes is 1. The summed E-state index contributed by atoms with van der Waals surface area (Å²) in [5.41, 5.74) is 1.69. The van der Waals surface area contributed by atoms with Gasteiger partial charge in [0.25, 0.3) is 0 Å². The van der Waals surface area contributed by atoms with Gasteiger partial charge in [0.2, 0.25) is 0 Å². The van der Waals surface area contributed by atoms with Crippen LogP contribution in [-0.4, -0.2) is 43.4 Å². The van der Waals surface area contributed by atoms with Gasteiger partial charge in [0.05, 0.1) is 10.7 Å². The average Bonchev–Trinajstić information content (AvgIpc) is 3.23. The zero-order valence-electron chi connectivity index (χ0n) is 10.3. The van der Waals surface area contributed by atoms with Gasteiger partial charge in [0, 0.05) is 37.8 Å². The first-order valence-electron chi connectivity index (χ1n) is 6.51. The van der Waals surface area contributed by atoms with Crippen molar-refractivity contribution in [1.29, 1.82) is 0 Å². The van der Waals surface area contributed by atoms with Crippen LogP contribution >= 0.6 is 11.6 Å². The highest BCUT2D eigenvalue weighted by Crippen LogP contribution is 2.31. The summed E-state index contributed by atoms with van der Waals surface area (Å²) >= 11 is 6.24. The molecule has 3 rings (SSSR count). The largest absolute Gasteiger partial charge is 0.368 e. The quantitative estimate of drug-likeness (QED) is 0.784. The Morgan fingerprint density at radius 1 is 1.17 bits per heavy atom. The molecular weight excluding hydrogens is 248 g/mol. The van der Waals surface area contributed by atoms with Crippen molar-refractivity contribution in [3.8, 4) is 0 Å². The highest BCUT2D eigenvalue weighted by Gasteiger charge is 2.31. The van der Waals surface area contributed by atoms with Gasteiger partial charge >= 0.3 is 0 Å². The monoisotopic (exact) mass is 264 g/mol. The number of nitrogens with zero attached hydrogens (tertiary/aromatic N) is 2. The van der Waals surface area contributed by atoms with Crippen LogP contribution in [0, 0.1) is 0 Å². The molecule has 2 fully saturated rings. The number of hydrogen-bond acceptors (Lipinski definition) is 3. The molecule has 18 heavy (non-hydrogen) atoms. The third-order valence-electron chi connectivity index (χ3n) is 3.83. The van der Waals surface area contributed by atoms with E-state index in [9.17, 15) is 4.79 Å². The van der Waals surface area contributed by atoms with Crippen LogP contribution in [0.5, 0.6) is 0 Å². The van der Waals surface area contributed by atoms with E-state index in [1.54, 1.807) is 6.07 Å². The van der Waals surface area contributed by atoms with Gasteiger partial charge in [-0.25, -0.2) is 0 Å². The van der Waals surface area contributed by atoms with Gasteiger partial charge in [0.1, 0.15) is 6.29 Å². The summed E-state index contributed by atoms with van der Waals surface area (Å²) in [5, 5.41) is 0.680. The third-order valence-corrected chi connectivity index (χ3v) is 4.13. The van der Waals surface area contributed by atoms with Crippen LogP contribution in [0.1, 0.15) is 23.2 Å². The van der Waals surface area contributed by atoms with Crippen molar-refractivity contribution in [2.45, 2.75) is 18.9 Å². The fraction of sp³-hybridized carbons (Fsp3) is 0.500. The fourth-order valence-corrected chi connectivity index (χ4v) is 2.93. The van der Waals surface area contributed by atoms with Crippen LogP contribution in [0.25, 0.3) is 0 Å². The van der Waals surface area contributed by atoms with Gasteiger partial charge < -0.3 is 4.90 Å². The maximum atomic E-state index is 10.7. The molecule has 1 saturated heterocycles. The minimum Gasteiger partial charge on any atom is -0.368 e. The van der Waals surface area contributed by atoms with Crippen molar-refractivity contribution in [3.63, 3.8) is 0 Å². The SMILES string of the molecule is O=Cc1ccc(N2CCN(C3CC3)CC2)c(Cl)c1. The van der Waals surface area contributed by atoms with E-state index in [2.05, 4.69) is 9.80 Å². The number of rotatable bonds is 3. The standard InChI is InChI=1S/C14H17ClN2O/c15-13-9-11(10-18)1-4-14(13)17-7-5-16(6-8-17)12-2-3-12/h1,4,9-10,12H,2-3,5-8H2. The van der Waals surface area contributed by atoms with Gasteiger partial charge in [0.15, 0.2) is 0 Å². The Morgan fingerprint density at radius 2 is 1.89 bits per heavy atom. The molecule has 0 radical (unpaired) electrons. The minimum atomic E-state index is 0.639. The highest BCUT2D eigenvalue weighted by atomic mass is 35.5. The number of carbonyl (C=O) groups is 1. The molecular formula is C14H17ClN2O. The molecule has 0 N–H and O–H groups in total. The fourth-order valence-electron chi connectivity index (χ4n) is 2.62. The van der Waals surface area contributed by atoms with Crippen molar-refractivity contribution in [2.24, 2.45) is 0 Å². The zero-order chi connectivity index (χ0) is 12.5. The first kappa shape index (κ1) is 12.0. The molecule has 96 valence electrons. The molecule has 0 unspecified atom stereocenters. The lowest BCUT2D eigenvalue weighted by Crippen LogP contribution is -2.47. The molecule has 2 aliphatic rings. The highest BCUT2D eigenvalue weighted by molar-refractivity contribution is 6.33. The Labute approximate surface area is 112 Å². The molecule has 0 aromatic heterocycles. The van der Waals surface area contributed by atoms with Crippen LogP contribution in [-0.2, 0) is 0 Å². The van der Waals surface area contributed by atoms with Crippen LogP contribution in [0.3, 0.4) is 0 Å². The van der Waals surface area contributed by atoms with E-state index in [0.29, 0.717) is 10.6 Å². The van der Waals surface area contributed by atoms with E-state index >= 15 is 0 Å². The summed E-state index contributed by atoms with van der Waals surface area (Å²) in [6.45, 7) is 4.29. The van der Waals surface area contributed by atoms with Crippen molar-refractivity contribution in [3.05, 3.63) is 28.8 Å². The molecule has 0 atom stereocenters. The molecule has 1 saturated carbocycles. The number of anilines is 1. The number of piperazine rings is 1. The van der Waals surface area contributed by atoms with Gasteiger partial charge in [-0.15, -0.1) is 0 Å². The lowest BCUT2D eigenvalue weighted by Gasteiger charge is -2.36. The summed E-state index contributed by atoms with van der Waals surface area (Å²) in [6, 6.07) is 6.39. The van der Waals surface area contributed by atoms with Crippen molar-refractivity contribution in [1.82, 2.24) is 4.90 Å². The van der Waals surface area contributed by atoms with E-state index in [1.807, 2.05) is 12.1 Å².